The van der Waals surface area contributed by atoms with Crippen molar-refractivity contribution in [2.24, 2.45) is 0 Å². The molecule has 0 bridgehead atoms. The molecule has 0 spiro atoms. The van der Waals surface area contributed by atoms with Gasteiger partial charge in [0.15, 0.2) is 11.5 Å². The molecule has 2 aromatic carbocycles. The Balaban J connectivity index is 1.52. The number of benzene rings is 2. The first-order valence-electron chi connectivity index (χ1n) is 8.73. The van der Waals surface area contributed by atoms with Crippen LogP contribution in [0.4, 0.5) is 10.5 Å². The standard InChI is InChI=1S/C20H25N3O3/c1-14(16-6-9-18-19(12-16)26-11-10-25-18)22-20(24)21-13-15-4-7-17(8-5-15)23(2)3/h4-9,12,14H,10-11,13H2,1-3H3,(H2,21,22,24). The Morgan fingerprint density at radius 2 is 1.77 bits per heavy atom. The first-order chi connectivity index (χ1) is 12.5. The molecule has 0 saturated heterocycles. The molecule has 138 valence electrons. The molecule has 2 aromatic rings. The van der Waals surface area contributed by atoms with Gasteiger partial charge in [0.2, 0.25) is 0 Å². The number of nitrogens with one attached hydrogen (secondary N) is 2. The number of fused-ring (bicyclic) bond motifs is 1. The molecule has 1 atom stereocenters. The summed E-state index contributed by atoms with van der Waals surface area (Å²) in [4.78, 5) is 14.2. The van der Waals surface area contributed by atoms with E-state index in [9.17, 15) is 4.79 Å². The van der Waals surface area contributed by atoms with Gasteiger partial charge >= 0.3 is 6.03 Å². The Morgan fingerprint density at radius 3 is 2.46 bits per heavy atom. The number of hydrogen-bond acceptors (Lipinski definition) is 4. The van der Waals surface area contributed by atoms with Crippen LogP contribution in [-0.2, 0) is 6.54 Å². The predicted molar refractivity (Wildman–Crippen MR) is 102 cm³/mol. The van der Waals surface area contributed by atoms with Gasteiger partial charge in [-0.15, -0.1) is 0 Å². The molecular formula is C20H25N3O3. The summed E-state index contributed by atoms with van der Waals surface area (Å²) in [5.74, 6) is 1.47. The lowest BCUT2D eigenvalue weighted by atomic mass is 10.1. The highest BCUT2D eigenvalue weighted by Gasteiger charge is 2.15. The molecule has 1 heterocycles. The average molecular weight is 355 g/mol. The zero-order chi connectivity index (χ0) is 18.5. The lowest BCUT2D eigenvalue weighted by Crippen LogP contribution is -2.36. The predicted octanol–water partition coefficient (Wildman–Crippen LogP) is 3.08. The fraction of sp³-hybridized carbons (Fsp3) is 0.350. The van der Waals surface area contributed by atoms with Crippen LogP contribution in [-0.4, -0.2) is 33.3 Å². The van der Waals surface area contributed by atoms with Crippen LogP contribution >= 0.6 is 0 Å². The normalized spacial score (nSPS) is 13.7. The maximum Gasteiger partial charge on any atom is 0.315 e. The number of ether oxygens (including phenoxy) is 2. The number of hydrogen-bond donors (Lipinski definition) is 2. The average Bonchev–Trinajstić information content (AvgIpc) is 2.66. The Labute approximate surface area is 154 Å². The van der Waals surface area contributed by atoms with Gasteiger partial charge in [-0.1, -0.05) is 18.2 Å². The number of urea groups is 1. The van der Waals surface area contributed by atoms with Crippen molar-refractivity contribution in [3.63, 3.8) is 0 Å². The summed E-state index contributed by atoms with van der Waals surface area (Å²) in [7, 11) is 4.00. The van der Waals surface area contributed by atoms with E-state index in [0.29, 0.717) is 19.8 Å². The van der Waals surface area contributed by atoms with Crippen molar-refractivity contribution in [3.8, 4) is 11.5 Å². The van der Waals surface area contributed by atoms with Crippen LogP contribution in [0, 0.1) is 0 Å². The molecule has 0 aromatic heterocycles. The monoisotopic (exact) mass is 355 g/mol. The van der Waals surface area contributed by atoms with Gasteiger partial charge in [-0.05, 0) is 42.3 Å². The molecule has 1 aliphatic heterocycles. The van der Waals surface area contributed by atoms with Gasteiger partial charge in [0.25, 0.3) is 0 Å². The lowest BCUT2D eigenvalue weighted by molar-refractivity contribution is 0.171. The van der Waals surface area contributed by atoms with Gasteiger partial charge in [0, 0.05) is 26.3 Å². The van der Waals surface area contributed by atoms with Gasteiger partial charge in [0.05, 0.1) is 6.04 Å². The van der Waals surface area contributed by atoms with E-state index in [-0.39, 0.29) is 12.1 Å². The van der Waals surface area contributed by atoms with Crippen LogP contribution in [0.15, 0.2) is 42.5 Å². The van der Waals surface area contributed by atoms with E-state index in [4.69, 9.17) is 9.47 Å². The van der Waals surface area contributed by atoms with Crippen LogP contribution in [0.5, 0.6) is 11.5 Å². The number of carbonyl (C=O) groups is 1. The van der Waals surface area contributed by atoms with E-state index in [1.807, 2.05) is 68.4 Å². The maximum absolute atomic E-state index is 12.2. The smallest absolute Gasteiger partial charge is 0.315 e. The maximum atomic E-state index is 12.2. The second kappa shape index (κ2) is 7.99. The molecular weight excluding hydrogens is 330 g/mol. The van der Waals surface area contributed by atoms with E-state index >= 15 is 0 Å². The summed E-state index contributed by atoms with van der Waals surface area (Å²) in [6, 6.07) is 13.5. The van der Waals surface area contributed by atoms with Gasteiger partial charge < -0.3 is 25.0 Å². The number of nitrogens with zero attached hydrogens (tertiary/aromatic N) is 1. The minimum atomic E-state index is -0.205. The number of carbonyl (C=O) groups excluding carboxylic acids is 1. The Kier molecular flexibility index (Phi) is 5.51. The fourth-order valence-corrected chi connectivity index (χ4v) is 2.75. The Morgan fingerprint density at radius 1 is 1.08 bits per heavy atom. The lowest BCUT2D eigenvalue weighted by Gasteiger charge is -2.21. The van der Waals surface area contributed by atoms with Gasteiger partial charge in [0.1, 0.15) is 13.2 Å². The van der Waals surface area contributed by atoms with E-state index in [2.05, 4.69) is 10.6 Å². The van der Waals surface area contributed by atoms with Crippen molar-refractivity contribution in [1.82, 2.24) is 10.6 Å². The molecule has 0 aliphatic carbocycles. The first-order valence-corrected chi connectivity index (χ1v) is 8.73. The largest absolute Gasteiger partial charge is 0.486 e. The third kappa shape index (κ3) is 4.39. The topological polar surface area (TPSA) is 62.8 Å². The highest BCUT2D eigenvalue weighted by molar-refractivity contribution is 5.74. The number of amides is 2. The van der Waals surface area contributed by atoms with Crippen molar-refractivity contribution in [2.75, 3.05) is 32.2 Å². The van der Waals surface area contributed by atoms with Crippen LogP contribution in [0.3, 0.4) is 0 Å². The molecule has 1 aliphatic rings. The van der Waals surface area contributed by atoms with Crippen LogP contribution < -0.4 is 25.0 Å². The van der Waals surface area contributed by atoms with E-state index in [0.717, 1.165) is 28.3 Å². The SMILES string of the molecule is CC(NC(=O)NCc1ccc(N(C)C)cc1)c1ccc2c(c1)OCCO2. The van der Waals surface area contributed by atoms with E-state index in [1.165, 1.54) is 0 Å². The van der Waals surface area contributed by atoms with Gasteiger partial charge in [-0.25, -0.2) is 4.79 Å². The summed E-state index contributed by atoms with van der Waals surface area (Å²) in [5.41, 5.74) is 3.16. The summed E-state index contributed by atoms with van der Waals surface area (Å²) in [6.45, 7) is 3.54. The minimum Gasteiger partial charge on any atom is -0.486 e. The summed E-state index contributed by atoms with van der Waals surface area (Å²) < 4.78 is 11.1. The molecule has 2 N–H and O–H groups in total. The van der Waals surface area contributed by atoms with E-state index < -0.39 is 0 Å². The van der Waals surface area contributed by atoms with Crippen molar-refractivity contribution in [1.29, 1.82) is 0 Å². The van der Waals surface area contributed by atoms with Gasteiger partial charge in [-0.2, -0.15) is 0 Å². The Bertz CT molecular complexity index is 759. The van der Waals surface area contributed by atoms with Crippen molar-refractivity contribution >= 4 is 11.7 Å². The zero-order valence-electron chi connectivity index (χ0n) is 15.4. The van der Waals surface area contributed by atoms with Crippen molar-refractivity contribution < 1.29 is 14.3 Å². The molecule has 0 saturated carbocycles. The summed E-state index contributed by atoms with van der Waals surface area (Å²) in [6.07, 6.45) is 0. The van der Waals surface area contributed by atoms with Crippen LogP contribution in [0.25, 0.3) is 0 Å². The molecule has 2 amide bonds. The molecule has 0 radical (unpaired) electrons. The quantitative estimate of drug-likeness (QED) is 0.865. The Hall–Kier alpha value is -2.89. The highest BCUT2D eigenvalue weighted by Crippen LogP contribution is 2.32. The second-order valence-electron chi connectivity index (χ2n) is 6.51. The number of anilines is 1. The molecule has 6 heteroatoms. The van der Waals surface area contributed by atoms with Crippen LogP contribution in [0.2, 0.25) is 0 Å². The highest BCUT2D eigenvalue weighted by atomic mass is 16.6. The third-order valence-corrected chi connectivity index (χ3v) is 4.32. The van der Waals surface area contributed by atoms with Gasteiger partial charge in [-0.3, -0.25) is 0 Å². The minimum absolute atomic E-state index is 0.137. The van der Waals surface area contributed by atoms with Crippen molar-refractivity contribution in [3.05, 3.63) is 53.6 Å². The second-order valence-corrected chi connectivity index (χ2v) is 6.51. The molecule has 3 rings (SSSR count). The molecule has 0 fully saturated rings. The number of rotatable bonds is 5. The first kappa shape index (κ1) is 17.9. The summed E-state index contributed by atoms with van der Waals surface area (Å²) in [5, 5.41) is 5.84. The molecule has 26 heavy (non-hydrogen) atoms. The molecule has 1 unspecified atom stereocenters. The van der Waals surface area contributed by atoms with Crippen molar-refractivity contribution in [2.45, 2.75) is 19.5 Å². The molecule has 6 nitrogen and oxygen atoms in total. The zero-order valence-corrected chi connectivity index (χ0v) is 15.4. The van der Waals surface area contributed by atoms with Crippen LogP contribution in [0.1, 0.15) is 24.1 Å². The fourth-order valence-electron chi connectivity index (χ4n) is 2.75. The summed E-state index contributed by atoms with van der Waals surface area (Å²) >= 11 is 0. The third-order valence-electron chi connectivity index (χ3n) is 4.32. The van der Waals surface area contributed by atoms with E-state index in [1.54, 1.807) is 0 Å².